The van der Waals surface area contributed by atoms with E-state index in [9.17, 15) is 0 Å². The SMILES string of the molecule is CCNc1cncc(NC(C)(C)C)c1. The van der Waals surface area contributed by atoms with Crippen LogP contribution in [0.1, 0.15) is 27.7 Å². The van der Waals surface area contributed by atoms with Gasteiger partial charge in [-0.05, 0) is 33.8 Å². The third-order valence-corrected chi connectivity index (χ3v) is 1.64. The van der Waals surface area contributed by atoms with Crippen molar-refractivity contribution in [1.82, 2.24) is 4.98 Å². The zero-order valence-electron chi connectivity index (χ0n) is 9.39. The van der Waals surface area contributed by atoms with E-state index in [2.05, 4.69) is 49.4 Å². The largest absolute Gasteiger partial charge is 0.384 e. The second-order valence-corrected chi connectivity index (χ2v) is 4.37. The molecule has 0 radical (unpaired) electrons. The Morgan fingerprint density at radius 2 is 1.86 bits per heavy atom. The van der Waals surface area contributed by atoms with Crippen LogP contribution in [0.5, 0.6) is 0 Å². The predicted octanol–water partition coefficient (Wildman–Crippen LogP) is 2.72. The molecule has 0 saturated carbocycles. The maximum absolute atomic E-state index is 4.16. The fraction of sp³-hybridized carbons (Fsp3) is 0.545. The Labute approximate surface area is 85.9 Å². The summed E-state index contributed by atoms with van der Waals surface area (Å²) < 4.78 is 0. The lowest BCUT2D eigenvalue weighted by atomic mass is 10.1. The molecule has 0 aromatic carbocycles. The van der Waals surface area contributed by atoms with Crippen LogP contribution in [0.2, 0.25) is 0 Å². The number of nitrogens with zero attached hydrogens (tertiary/aromatic N) is 1. The van der Waals surface area contributed by atoms with E-state index in [0.717, 1.165) is 17.9 Å². The summed E-state index contributed by atoms with van der Waals surface area (Å²) in [6.45, 7) is 9.39. The fourth-order valence-electron chi connectivity index (χ4n) is 1.24. The second-order valence-electron chi connectivity index (χ2n) is 4.37. The van der Waals surface area contributed by atoms with Crippen molar-refractivity contribution in [2.24, 2.45) is 0 Å². The number of aromatic nitrogens is 1. The van der Waals surface area contributed by atoms with Crippen molar-refractivity contribution in [3.8, 4) is 0 Å². The van der Waals surface area contributed by atoms with Gasteiger partial charge in [-0.25, -0.2) is 0 Å². The molecule has 0 aliphatic heterocycles. The molecule has 0 amide bonds. The third kappa shape index (κ3) is 3.64. The summed E-state index contributed by atoms with van der Waals surface area (Å²) in [5.41, 5.74) is 2.18. The van der Waals surface area contributed by atoms with E-state index in [4.69, 9.17) is 0 Å². The molecule has 0 spiro atoms. The van der Waals surface area contributed by atoms with E-state index >= 15 is 0 Å². The van der Waals surface area contributed by atoms with Crippen molar-refractivity contribution in [2.45, 2.75) is 33.2 Å². The summed E-state index contributed by atoms with van der Waals surface area (Å²) in [5.74, 6) is 0. The molecule has 78 valence electrons. The molecule has 1 rings (SSSR count). The van der Waals surface area contributed by atoms with E-state index in [0.29, 0.717) is 0 Å². The molecule has 3 heteroatoms. The van der Waals surface area contributed by atoms with Crippen LogP contribution in [0, 0.1) is 0 Å². The molecular weight excluding hydrogens is 174 g/mol. The van der Waals surface area contributed by atoms with Crippen molar-refractivity contribution in [1.29, 1.82) is 0 Å². The van der Waals surface area contributed by atoms with E-state index in [1.54, 1.807) is 0 Å². The molecule has 1 aromatic rings. The molecule has 0 aliphatic carbocycles. The molecule has 14 heavy (non-hydrogen) atoms. The number of hydrogen-bond acceptors (Lipinski definition) is 3. The number of hydrogen-bond donors (Lipinski definition) is 2. The topological polar surface area (TPSA) is 37.0 Å². The molecule has 2 N–H and O–H groups in total. The Bertz CT molecular complexity index is 289. The quantitative estimate of drug-likeness (QED) is 0.775. The monoisotopic (exact) mass is 193 g/mol. The van der Waals surface area contributed by atoms with Gasteiger partial charge < -0.3 is 10.6 Å². The summed E-state index contributed by atoms with van der Waals surface area (Å²) >= 11 is 0. The Hall–Kier alpha value is -1.25. The zero-order chi connectivity index (χ0) is 10.6. The van der Waals surface area contributed by atoms with Gasteiger partial charge in [-0.2, -0.15) is 0 Å². The summed E-state index contributed by atoms with van der Waals surface area (Å²) in [4.78, 5) is 4.16. The minimum Gasteiger partial charge on any atom is -0.384 e. The second kappa shape index (κ2) is 4.31. The van der Waals surface area contributed by atoms with E-state index in [-0.39, 0.29) is 5.54 Å². The Kier molecular flexibility index (Phi) is 3.33. The van der Waals surface area contributed by atoms with Gasteiger partial charge in [0.15, 0.2) is 0 Å². The first-order chi connectivity index (χ1) is 6.51. The number of rotatable bonds is 3. The lowest BCUT2D eigenvalue weighted by molar-refractivity contribution is 0.633. The molecule has 3 nitrogen and oxygen atoms in total. The summed E-state index contributed by atoms with van der Waals surface area (Å²) in [6, 6.07) is 2.07. The minimum absolute atomic E-state index is 0.0759. The Morgan fingerprint density at radius 1 is 1.21 bits per heavy atom. The van der Waals surface area contributed by atoms with Gasteiger partial charge in [0, 0.05) is 12.1 Å². The number of nitrogens with one attached hydrogen (secondary N) is 2. The molecule has 0 aliphatic rings. The first kappa shape index (κ1) is 10.8. The molecule has 0 bridgehead atoms. The number of pyridine rings is 1. The van der Waals surface area contributed by atoms with E-state index < -0.39 is 0 Å². The van der Waals surface area contributed by atoms with Crippen molar-refractivity contribution in [3.05, 3.63) is 18.5 Å². The molecule has 1 heterocycles. The molecule has 1 aromatic heterocycles. The van der Waals surface area contributed by atoms with Gasteiger partial charge in [0.1, 0.15) is 0 Å². The van der Waals surface area contributed by atoms with Crippen LogP contribution in [-0.4, -0.2) is 17.1 Å². The maximum atomic E-state index is 4.16. The summed E-state index contributed by atoms with van der Waals surface area (Å²) in [5, 5.41) is 6.61. The predicted molar refractivity (Wildman–Crippen MR) is 61.8 cm³/mol. The highest BCUT2D eigenvalue weighted by molar-refractivity contribution is 5.54. The molecule has 0 unspecified atom stereocenters. The van der Waals surface area contributed by atoms with Crippen molar-refractivity contribution in [2.75, 3.05) is 17.2 Å². The Balaban J connectivity index is 2.73. The zero-order valence-corrected chi connectivity index (χ0v) is 9.39. The lowest BCUT2D eigenvalue weighted by Crippen LogP contribution is -2.26. The first-order valence-electron chi connectivity index (χ1n) is 4.98. The highest BCUT2D eigenvalue weighted by Crippen LogP contribution is 2.17. The van der Waals surface area contributed by atoms with Gasteiger partial charge in [-0.1, -0.05) is 0 Å². The van der Waals surface area contributed by atoms with Crippen LogP contribution in [-0.2, 0) is 0 Å². The van der Waals surface area contributed by atoms with E-state index in [1.807, 2.05) is 12.4 Å². The molecule has 0 fully saturated rings. The minimum atomic E-state index is 0.0759. The van der Waals surface area contributed by atoms with Gasteiger partial charge in [0.2, 0.25) is 0 Å². The Morgan fingerprint density at radius 3 is 2.43 bits per heavy atom. The first-order valence-corrected chi connectivity index (χ1v) is 4.98. The van der Waals surface area contributed by atoms with Gasteiger partial charge in [-0.3, -0.25) is 4.98 Å². The van der Waals surface area contributed by atoms with Crippen molar-refractivity contribution >= 4 is 11.4 Å². The van der Waals surface area contributed by atoms with Gasteiger partial charge >= 0.3 is 0 Å². The van der Waals surface area contributed by atoms with Crippen molar-refractivity contribution in [3.63, 3.8) is 0 Å². The van der Waals surface area contributed by atoms with E-state index in [1.165, 1.54) is 0 Å². The van der Waals surface area contributed by atoms with Gasteiger partial charge in [0.25, 0.3) is 0 Å². The van der Waals surface area contributed by atoms with Crippen LogP contribution in [0.15, 0.2) is 18.5 Å². The number of anilines is 2. The van der Waals surface area contributed by atoms with Gasteiger partial charge in [0.05, 0.1) is 23.8 Å². The highest BCUT2D eigenvalue weighted by Gasteiger charge is 2.09. The summed E-state index contributed by atoms with van der Waals surface area (Å²) in [7, 11) is 0. The van der Waals surface area contributed by atoms with Crippen LogP contribution in [0.25, 0.3) is 0 Å². The van der Waals surface area contributed by atoms with Crippen LogP contribution in [0.3, 0.4) is 0 Å². The standard InChI is InChI=1S/C11H19N3/c1-5-13-9-6-10(8-12-7-9)14-11(2,3)4/h6-8,13-14H,5H2,1-4H3. The smallest absolute Gasteiger partial charge is 0.0551 e. The molecule has 0 atom stereocenters. The van der Waals surface area contributed by atoms with Crippen molar-refractivity contribution < 1.29 is 0 Å². The molecule has 0 saturated heterocycles. The van der Waals surface area contributed by atoms with Crippen LogP contribution in [0.4, 0.5) is 11.4 Å². The normalized spacial score (nSPS) is 11.1. The summed E-state index contributed by atoms with van der Waals surface area (Å²) in [6.07, 6.45) is 3.67. The average molecular weight is 193 g/mol. The third-order valence-electron chi connectivity index (χ3n) is 1.64. The maximum Gasteiger partial charge on any atom is 0.0551 e. The lowest BCUT2D eigenvalue weighted by Gasteiger charge is -2.22. The molecular formula is C11H19N3. The average Bonchev–Trinajstić information content (AvgIpc) is 2.02. The van der Waals surface area contributed by atoms with Crippen LogP contribution < -0.4 is 10.6 Å². The highest BCUT2D eigenvalue weighted by atomic mass is 15.0. The van der Waals surface area contributed by atoms with Crippen LogP contribution >= 0.6 is 0 Å². The van der Waals surface area contributed by atoms with Gasteiger partial charge in [-0.15, -0.1) is 0 Å². The fourth-order valence-corrected chi connectivity index (χ4v) is 1.24.